The second-order valence-electron chi connectivity index (χ2n) is 5.23. The molecule has 0 aliphatic heterocycles. The quantitative estimate of drug-likeness (QED) is 0.616. The lowest BCUT2D eigenvalue weighted by Gasteiger charge is -2.12. The first-order chi connectivity index (χ1) is 12.0. The van der Waals surface area contributed by atoms with E-state index in [1.807, 2.05) is 0 Å². The Bertz CT molecular complexity index is 789. The third-order valence-corrected chi connectivity index (χ3v) is 3.56. The van der Waals surface area contributed by atoms with Crippen LogP contribution in [-0.2, 0) is 9.53 Å². The van der Waals surface area contributed by atoms with Gasteiger partial charge in [0.25, 0.3) is 5.91 Å². The van der Waals surface area contributed by atoms with Crippen molar-refractivity contribution in [3.8, 4) is 11.5 Å². The number of methoxy groups -OCH3 is 2. The number of nitrogens with two attached hydrogens (primary N) is 1. The van der Waals surface area contributed by atoms with Crippen molar-refractivity contribution in [1.29, 1.82) is 0 Å². The van der Waals surface area contributed by atoms with Crippen LogP contribution in [0.15, 0.2) is 36.4 Å². The fraction of sp³-hybridized carbons (Fsp3) is 0.222. The van der Waals surface area contributed by atoms with Crippen LogP contribution in [0.5, 0.6) is 11.5 Å². The van der Waals surface area contributed by atoms with Crippen LogP contribution in [0.2, 0.25) is 0 Å². The zero-order valence-electron chi connectivity index (χ0n) is 14.3. The normalized spacial score (nSPS) is 10.0. The molecule has 0 bridgehead atoms. The Hall–Kier alpha value is -3.22. The minimum Gasteiger partial charge on any atom is -0.497 e. The molecule has 0 heterocycles. The summed E-state index contributed by atoms with van der Waals surface area (Å²) in [5.74, 6) is -0.126. The Morgan fingerprint density at radius 1 is 1.12 bits per heavy atom. The molecular weight excluding hydrogens is 324 g/mol. The first kappa shape index (κ1) is 18.1. The Kier molecular flexibility index (Phi) is 5.84. The molecule has 25 heavy (non-hydrogen) atoms. The predicted molar refractivity (Wildman–Crippen MR) is 94.0 cm³/mol. The average molecular weight is 344 g/mol. The molecule has 0 saturated heterocycles. The second kappa shape index (κ2) is 8.05. The predicted octanol–water partition coefficient (Wildman–Crippen LogP) is 2.39. The summed E-state index contributed by atoms with van der Waals surface area (Å²) in [6.07, 6.45) is 0. The number of para-hydroxylation sites is 1. The number of nitrogen functional groups attached to an aromatic ring is 1. The van der Waals surface area contributed by atoms with Crippen molar-refractivity contribution in [1.82, 2.24) is 0 Å². The van der Waals surface area contributed by atoms with Crippen LogP contribution in [0.3, 0.4) is 0 Å². The highest BCUT2D eigenvalue weighted by molar-refractivity contribution is 5.99. The number of benzene rings is 2. The van der Waals surface area contributed by atoms with Crippen molar-refractivity contribution >= 4 is 23.3 Å². The summed E-state index contributed by atoms with van der Waals surface area (Å²) < 4.78 is 15.3. The van der Waals surface area contributed by atoms with Crippen LogP contribution >= 0.6 is 0 Å². The van der Waals surface area contributed by atoms with Crippen molar-refractivity contribution in [2.45, 2.75) is 6.92 Å². The van der Waals surface area contributed by atoms with Gasteiger partial charge >= 0.3 is 5.97 Å². The van der Waals surface area contributed by atoms with Crippen LogP contribution in [0, 0.1) is 6.92 Å². The average Bonchev–Trinajstić information content (AvgIpc) is 2.62. The number of hydrogen-bond acceptors (Lipinski definition) is 6. The van der Waals surface area contributed by atoms with Gasteiger partial charge < -0.3 is 25.3 Å². The maximum atomic E-state index is 12.1. The van der Waals surface area contributed by atoms with Crippen LogP contribution in [0.4, 0.5) is 11.4 Å². The number of aryl methyl sites for hydroxylation is 1. The molecule has 7 nitrogen and oxygen atoms in total. The van der Waals surface area contributed by atoms with Crippen molar-refractivity contribution in [2.75, 3.05) is 31.9 Å². The Labute approximate surface area is 145 Å². The van der Waals surface area contributed by atoms with E-state index in [4.69, 9.17) is 19.9 Å². The molecule has 1 amide bonds. The van der Waals surface area contributed by atoms with E-state index in [-0.39, 0.29) is 5.56 Å². The van der Waals surface area contributed by atoms with Gasteiger partial charge in [0.05, 0.1) is 25.5 Å². The summed E-state index contributed by atoms with van der Waals surface area (Å²) in [5.41, 5.74) is 7.63. The molecule has 2 aromatic carbocycles. The minimum absolute atomic E-state index is 0.231. The molecule has 0 aromatic heterocycles. The standard InChI is InChI=1S/C18H20N2O5/c1-11-5-4-6-13(17(11)19)18(22)25-10-16(21)20-14-8-7-12(23-2)9-15(14)24-3/h4-9H,10,19H2,1-3H3,(H,20,21). The number of anilines is 2. The molecule has 7 heteroatoms. The lowest BCUT2D eigenvalue weighted by atomic mass is 10.1. The van der Waals surface area contributed by atoms with Gasteiger partial charge in [-0.1, -0.05) is 12.1 Å². The number of carbonyl (C=O) groups is 2. The lowest BCUT2D eigenvalue weighted by Crippen LogP contribution is -2.21. The SMILES string of the molecule is COc1ccc(NC(=O)COC(=O)c2cccc(C)c2N)c(OC)c1. The summed E-state index contributed by atoms with van der Waals surface area (Å²) >= 11 is 0. The summed E-state index contributed by atoms with van der Waals surface area (Å²) in [6, 6.07) is 9.98. The van der Waals surface area contributed by atoms with Gasteiger partial charge in [-0.3, -0.25) is 4.79 Å². The fourth-order valence-electron chi connectivity index (χ4n) is 2.16. The van der Waals surface area contributed by atoms with Gasteiger partial charge in [-0.15, -0.1) is 0 Å². The number of nitrogens with one attached hydrogen (secondary N) is 1. The highest BCUT2D eigenvalue weighted by atomic mass is 16.5. The summed E-state index contributed by atoms with van der Waals surface area (Å²) in [7, 11) is 3.01. The van der Waals surface area contributed by atoms with Gasteiger partial charge in [0, 0.05) is 11.8 Å². The van der Waals surface area contributed by atoms with Crippen molar-refractivity contribution < 1.29 is 23.8 Å². The lowest BCUT2D eigenvalue weighted by molar-refractivity contribution is -0.119. The third-order valence-electron chi connectivity index (χ3n) is 3.56. The van der Waals surface area contributed by atoms with Gasteiger partial charge in [0.1, 0.15) is 11.5 Å². The number of carbonyl (C=O) groups excluding carboxylic acids is 2. The molecule has 0 saturated carbocycles. The molecule has 132 valence electrons. The van der Waals surface area contributed by atoms with Gasteiger partial charge in [0.15, 0.2) is 6.61 Å². The molecule has 2 rings (SSSR count). The summed E-state index contributed by atoms with van der Waals surface area (Å²) in [6.45, 7) is 1.34. The second-order valence-corrected chi connectivity index (χ2v) is 5.23. The van der Waals surface area contributed by atoms with Crippen LogP contribution in [0.25, 0.3) is 0 Å². The van der Waals surface area contributed by atoms with E-state index in [0.29, 0.717) is 22.9 Å². The molecule has 0 aliphatic carbocycles. The van der Waals surface area contributed by atoms with Crippen LogP contribution < -0.4 is 20.5 Å². The first-order valence-corrected chi connectivity index (χ1v) is 7.50. The number of esters is 1. The molecule has 0 aliphatic rings. The molecule has 0 atom stereocenters. The highest BCUT2D eigenvalue weighted by Crippen LogP contribution is 2.28. The van der Waals surface area contributed by atoms with E-state index < -0.39 is 18.5 Å². The fourth-order valence-corrected chi connectivity index (χ4v) is 2.16. The van der Waals surface area contributed by atoms with E-state index in [0.717, 1.165) is 5.56 Å². The zero-order valence-corrected chi connectivity index (χ0v) is 14.3. The van der Waals surface area contributed by atoms with Crippen LogP contribution in [0.1, 0.15) is 15.9 Å². The third kappa shape index (κ3) is 4.41. The molecular formula is C18H20N2O5. The van der Waals surface area contributed by atoms with Gasteiger partial charge in [-0.25, -0.2) is 4.79 Å². The Balaban J connectivity index is 1.99. The molecule has 0 unspecified atom stereocenters. The van der Waals surface area contributed by atoms with Crippen molar-refractivity contribution in [3.63, 3.8) is 0 Å². The topological polar surface area (TPSA) is 99.9 Å². The Morgan fingerprint density at radius 3 is 2.56 bits per heavy atom. The van der Waals surface area contributed by atoms with E-state index in [1.165, 1.54) is 14.2 Å². The molecule has 3 N–H and O–H groups in total. The number of ether oxygens (including phenoxy) is 3. The van der Waals surface area contributed by atoms with Gasteiger partial charge in [-0.05, 0) is 30.7 Å². The van der Waals surface area contributed by atoms with Gasteiger partial charge in [-0.2, -0.15) is 0 Å². The minimum atomic E-state index is -0.655. The van der Waals surface area contributed by atoms with Crippen LogP contribution in [-0.4, -0.2) is 32.7 Å². The van der Waals surface area contributed by atoms with Gasteiger partial charge in [0.2, 0.25) is 0 Å². The maximum Gasteiger partial charge on any atom is 0.340 e. The zero-order chi connectivity index (χ0) is 18.4. The maximum absolute atomic E-state index is 12.1. The number of rotatable bonds is 6. The summed E-state index contributed by atoms with van der Waals surface area (Å²) in [4.78, 5) is 24.1. The molecule has 0 radical (unpaired) electrons. The van der Waals surface area contributed by atoms with E-state index >= 15 is 0 Å². The largest absolute Gasteiger partial charge is 0.497 e. The number of hydrogen-bond donors (Lipinski definition) is 2. The molecule has 2 aromatic rings. The van der Waals surface area contributed by atoms with E-state index in [2.05, 4.69) is 5.32 Å². The summed E-state index contributed by atoms with van der Waals surface area (Å²) in [5, 5.41) is 2.62. The first-order valence-electron chi connectivity index (χ1n) is 7.50. The molecule has 0 fully saturated rings. The van der Waals surface area contributed by atoms with Crippen molar-refractivity contribution in [3.05, 3.63) is 47.5 Å². The van der Waals surface area contributed by atoms with Crippen molar-refractivity contribution in [2.24, 2.45) is 0 Å². The molecule has 0 spiro atoms. The smallest absolute Gasteiger partial charge is 0.340 e. The monoisotopic (exact) mass is 344 g/mol. The Morgan fingerprint density at radius 2 is 1.88 bits per heavy atom. The van der Waals surface area contributed by atoms with E-state index in [9.17, 15) is 9.59 Å². The highest BCUT2D eigenvalue weighted by Gasteiger charge is 2.15. The van der Waals surface area contributed by atoms with E-state index in [1.54, 1.807) is 43.3 Å². The number of amides is 1.